The van der Waals surface area contributed by atoms with E-state index in [-0.39, 0.29) is 28.4 Å². The molecule has 5 nitrogen and oxygen atoms in total. The minimum Gasteiger partial charge on any atom is -0.293 e. The maximum absolute atomic E-state index is 13.4. The van der Waals surface area contributed by atoms with Gasteiger partial charge in [-0.1, -0.05) is 66.6 Å². The Bertz CT molecular complexity index is 1420. The number of nitrogens with zero attached hydrogens (tertiary/aromatic N) is 2. The highest BCUT2D eigenvalue weighted by Gasteiger charge is 2.28. The first-order chi connectivity index (χ1) is 15.0. The van der Waals surface area contributed by atoms with E-state index in [1.165, 1.54) is 4.57 Å². The highest BCUT2D eigenvalue weighted by atomic mass is 32.2. The van der Waals surface area contributed by atoms with Crippen molar-refractivity contribution in [1.82, 2.24) is 9.55 Å². The zero-order valence-electron chi connectivity index (χ0n) is 16.7. The van der Waals surface area contributed by atoms with Crippen molar-refractivity contribution in [2.75, 3.05) is 5.75 Å². The van der Waals surface area contributed by atoms with Crippen LogP contribution in [0.2, 0.25) is 0 Å². The second-order valence-electron chi connectivity index (χ2n) is 7.14. The van der Waals surface area contributed by atoms with E-state index in [0.29, 0.717) is 16.6 Å². The fourth-order valence-corrected chi connectivity index (χ4v) is 5.20. The lowest BCUT2D eigenvalue weighted by atomic mass is 9.97. The molecule has 1 unspecified atom stereocenters. The fourth-order valence-electron chi connectivity index (χ4n) is 3.65. The van der Waals surface area contributed by atoms with Crippen molar-refractivity contribution in [3.8, 4) is 12.3 Å². The van der Waals surface area contributed by atoms with Crippen molar-refractivity contribution in [2.45, 2.75) is 17.4 Å². The average Bonchev–Trinajstić information content (AvgIpc) is 2.80. The molecule has 3 aromatic carbocycles. The number of fused-ring (bicyclic) bond motifs is 1. The Labute approximate surface area is 180 Å². The van der Waals surface area contributed by atoms with Crippen molar-refractivity contribution in [3.63, 3.8) is 0 Å². The molecule has 4 rings (SSSR count). The van der Waals surface area contributed by atoms with Crippen LogP contribution in [0.4, 0.5) is 0 Å². The van der Waals surface area contributed by atoms with Crippen LogP contribution in [0.1, 0.15) is 17.2 Å². The van der Waals surface area contributed by atoms with E-state index < -0.39 is 15.8 Å². The van der Waals surface area contributed by atoms with Gasteiger partial charge in [-0.25, -0.2) is 13.4 Å². The number of rotatable bonds is 6. The molecule has 0 radical (unpaired) electrons. The molecule has 0 amide bonds. The predicted molar refractivity (Wildman–Crippen MR) is 122 cm³/mol. The van der Waals surface area contributed by atoms with Crippen LogP contribution in [0.5, 0.6) is 0 Å². The molecule has 0 spiro atoms. The van der Waals surface area contributed by atoms with Crippen LogP contribution in [0.3, 0.4) is 0 Å². The lowest BCUT2D eigenvalue weighted by molar-refractivity contribution is 0.590. The second kappa shape index (κ2) is 8.58. The molecule has 0 bridgehead atoms. The average molecular weight is 429 g/mol. The highest BCUT2D eigenvalue weighted by molar-refractivity contribution is 7.91. The maximum Gasteiger partial charge on any atom is 0.274 e. The molecule has 0 fully saturated rings. The molecule has 0 N–H and O–H groups in total. The second-order valence-corrected chi connectivity index (χ2v) is 9.17. The standard InChI is InChI=1S/C25H20N2O3S/c1-2-17-27-23-16-10-9-15-22(23)26-24(25(27)28)21(19-11-5-3-6-12-19)18-31(29,30)20-13-7-4-8-14-20/h1,3-16,21H,17-18H2. The first-order valence-corrected chi connectivity index (χ1v) is 11.4. The molecular formula is C25H20N2O3S. The van der Waals surface area contributed by atoms with Gasteiger partial charge in [0.2, 0.25) is 0 Å². The van der Waals surface area contributed by atoms with Gasteiger partial charge in [0.15, 0.2) is 9.84 Å². The molecule has 31 heavy (non-hydrogen) atoms. The molecule has 1 atom stereocenters. The molecular weight excluding hydrogens is 408 g/mol. The molecule has 154 valence electrons. The number of terminal acetylenes is 1. The van der Waals surface area contributed by atoms with Crippen molar-refractivity contribution >= 4 is 20.9 Å². The molecule has 6 heteroatoms. The summed E-state index contributed by atoms with van der Waals surface area (Å²) in [5.41, 5.74) is 1.69. The Kier molecular flexibility index (Phi) is 5.70. The summed E-state index contributed by atoms with van der Waals surface area (Å²) in [7, 11) is -3.68. The van der Waals surface area contributed by atoms with Gasteiger partial charge < -0.3 is 0 Å². The SMILES string of the molecule is C#CCn1c(=O)c(C(CS(=O)(=O)c2ccccc2)c2ccccc2)nc2ccccc21. The van der Waals surface area contributed by atoms with Crippen LogP contribution in [0, 0.1) is 12.3 Å². The van der Waals surface area contributed by atoms with Gasteiger partial charge in [-0.15, -0.1) is 6.42 Å². The zero-order chi connectivity index (χ0) is 21.8. The Balaban J connectivity index is 1.93. The smallest absolute Gasteiger partial charge is 0.274 e. The Morgan fingerprint density at radius 2 is 1.52 bits per heavy atom. The number of sulfone groups is 1. The third-order valence-electron chi connectivity index (χ3n) is 5.15. The molecule has 4 aromatic rings. The summed E-state index contributed by atoms with van der Waals surface area (Å²) in [6, 6.07) is 24.5. The molecule has 1 heterocycles. The Morgan fingerprint density at radius 3 is 2.19 bits per heavy atom. The lowest BCUT2D eigenvalue weighted by Gasteiger charge is -2.19. The highest BCUT2D eigenvalue weighted by Crippen LogP contribution is 2.27. The van der Waals surface area contributed by atoms with E-state index in [9.17, 15) is 13.2 Å². The van der Waals surface area contributed by atoms with Crippen LogP contribution in [-0.4, -0.2) is 23.7 Å². The summed E-state index contributed by atoms with van der Waals surface area (Å²) in [5.74, 6) is 1.49. The van der Waals surface area contributed by atoms with Crippen LogP contribution >= 0.6 is 0 Å². The van der Waals surface area contributed by atoms with Gasteiger partial charge >= 0.3 is 0 Å². The largest absolute Gasteiger partial charge is 0.293 e. The van der Waals surface area contributed by atoms with Crippen LogP contribution in [0.15, 0.2) is 94.6 Å². The third kappa shape index (κ3) is 4.14. The first kappa shape index (κ1) is 20.6. The van der Waals surface area contributed by atoms with Gasteiger partial charge in [0, 0.05) is 5.92 Å². The lowest BCUT2D eigenvalue weighted by Crippen LogP contribution is -2.30. The number of benzene rings is 3. The topological polar surface area (TPSA) is 69.0 Å². The van der Waals surface area contributed by atoms with Crippen LogP contribution in [0.25, 0.3) is 11.0 Å². The van der Waals surface area contributed by atoms with Crippen molar-refractivity contribution < 1.29 is 8.42 Å². The third-order valence-corrected chi connectivity index (χ3v) is 6.91. The molecule has 0 aliphatic heterocycles. The van der Waals surface area contributed by atoms with Crippen LogP contribution < -0.4 is 5.56 Å². The van der Waals surface area contributed by atoms with Crippen molar-refractivity contribution in [1.29, 1.82) is 0 Å². The normalized spacial score (nSPS) is 12.4. The maximum atomic E-state index is 13.4. The fraction of sp³-hybridized carbons (Fsp3) is 0.120. The Morgan fingerprint density at radius 1 is 0.903 bits per heavy atom. The summed E-state index contributed by atoms with van der Waals surface area (Å²) < 4.78 is 27.9. The summed E-state index contributed by atoms with van der Waals surface area (Å²) in [5, 5.41) is 0. The van der Waals surface area contributed by atoms with E-state index in [4.69, 9.17) is 6.42 Å². The quantitative estimate of drug-likeness (QED) is 0.440. The predicted octanol–water partition coefficient (Wildman–Crippen LogP) is 3.64. The van der Waals surface area contributed by atoms with Crippen molar-refractivity contribution in [3.05, 3.63) is 107 Å². The minimum atomic E-state index is -3.68. The summed E-state index contributed by atoms with van der Waals surface area (Å²) in [6.45, 7) is 0.0712. The van der Waals surface area contributed by atoms with Gasteiger partial charge in [0.1, 0.15) is 5.69 Å². The molecule has 0 saturated carbocycles. The number of hydrogen-bond acceptors (Lipinski definition) is 4. The first-order valence-electron chi connectivity index (χ1n) is 9.77. The van der Waals surface area contributed by atoms with Crippen molar-refractivity contribution in [2.24, 2.45) is 0 Å². The Hall–Kier alpha value is -3.69. The molecule has 1 aromatic heterocycles. The van der Waals surface area contributed by atoms with Gasteiger partial charge in [-0.05, 0) is 29.8 Å². The van der Waals surface area contributed by atoms with E-state index in [1.807, 2.05) is 42.5 Å². The van der Waals surface area contributed by atoms with E-state index in [2.05, 4.69) is 10.9 Å². The van der Waals surface area contributed by atoms with Gasteiger partial charge in [0.25, 0.3) is 5.56 Å². The summed E-state index contributed by atoms with van der Waals surface area (Å²) in [4.78, 5) is 18.2. The van der Waals surface area contributed by atoms with Gasteiger partial charge in [0.05, 0.1) is 28.2 Å². The van der Waals surface area contributed by atoms with E-state index >= 15 is 0 Å². The molecule has 0 aliphatic rings. The molecule has 0 saturated heterocycles. The monoisotopic (exact) mass is 428 g/mol. The zero-order valence-corrected chi connectivity index (χ0v) is 17.5. The van der Waals surface area contributed by atoms with Gasteiger partial charge in [-0.2, -0.15) is 0 Å². The van der Waals surface area contributed by atoms with E-state index in [0.717, 1.165) is 0 Å². The minimum absolute atomic E-state index is 0.0712. The van der Waals surface area contributed by atoms with E-state index in [1.54, 1.807) is 42.5 Å². The molecule has 0 aliphatic carbocycles. The number of aromatic nitrogens is 2. The van der Waals surface area contributed by atoms with Gasteiger partial charge in [-0.3, -0.25) is 9.36 Å². The summed E-state index contributed by atoms with van der Waals surface area (Å²) in [6.07, 6.45) is 5.51. The van der Waals surface area contributed by atoms with Crippen LogP contribution in [-0.2, 0) is 16.4 Å². The summed E-state index contributed by atoms with van der Waals surface area (Å²) >= 11 is 0. The number of para-hydroxylation sites is 2. The number of hydrogen-bond donors (Lipinski definition) is 0.